The summed E-state index contributed by atoms with van der Waals surface area (Å²) in [5.74, 6) is 0.826. The van der Waals surface area contributed by atoms with E-state index in [1.807, 2.05) is 37.0 Å². The number of nitrogens with one attached hydrogen (secondary N) is 1. The minimum atomic E-state index is 0.173. The van der Waals surface area contributed by atoms with Crippen molar-refractivity contribution in [3.8, 4) is 0 Å². The van der Waals surface area contributed by atoms with Gasteiger partial charge in [-0.3, -0.25) is 14.5 Å². The lowest BCUT2D eigenvalue weighted by molar-refractivity contribution is -0.122. The molecule has 1 N–H and O–H groups in total. The van der Waals surface area contributed by atoms with Gasteiger partial charge in [0.25, 0.3) is 0 Å². The van der Waals surface area contributed by atoms with Gasteiger partial charge in [-0.15, -0.1) is 0 Å². The van der Waals surface area contributed by atoms with Gasteiger partial charge in [0.05, 0.1) is 5.69 Å². The molecule has 0 saturated heterocycles. The maximum Gasteiger partial charge on any atom is 0.220 e. The summed E-state index contributed by atoms with van der Waals surface area (Å²) in [5.41, 5.74) is 4.56. The van der Waals surface area contributed by atoms with E-state index < -0.39 is 0 Å². The number of hydrogen-bond acceptors (Lipinski definition) is 4. The van der Waals surface area contributed by atoms with Crippen molar-refractivity contribution in [2.24, 2.45) is 13.0 Å². The highest BCUT2D eigenvalue weighted by Crippen LogP contribution is 2.25. The number of likely N-dealkylation sites (N-methyl/N-ethyl adjacent to an activating group) is 1. The number of rotatable bonds is 9. The molecule has 1 aliphatic carbocycles. The summed E-state index contributed by atoms with van der Waals surface area (Å²) in [5, 5.41) is 7.75. The lowest BCUT2D eigenvalue weighted by Crippen LogP contribution is -2.41. The van der Waals surface area contributed by atoms with Crippen LogP contribution in [0.4, 0.5) is 0 Å². The summed E-state index contributed by atoms with van der Waals surface area (Å²) < 4.78 is 1.90. The first-order chi connectivity index (χ1) is 14.4. The molecule has 0 unspecified atom stereocenters. The van der Waals surface area contributed by atoms with Gasteiger partial charge in [0.1, 0.15) is 0 Å². The van der Waals surface area contributed by atoms with Crippen molar-refractivity contribution in [3.63, 3.8) is 0 Å². The second-order valence-electron chi connectivity index (χ2n) is 8.90. The number of carbonyl (C=O) groups excluding carboxylic acids is 1. The summed E-state index contributed by atoms with van der Waals surface area (Å²) in [7, 11) is 4.16. The van der Waals surface area contributed by atoms with Gasteiger partial charge in [-0.25, -0.2) is 0 Å². The lowest BCUT2D eigenvalue weighted by atomic mass is 9.85. The third kappa shape index (κ3) is 6.39. The summed E-state index contributed by atoms with van der Waals surface area (Å²) in [6.07, 6.45) is 8.80. The van der Waals surface area contributed by atoms with Crippen LogP contribution in [0.15, 0.2) is 24.4 Å². The number of hydrogen-bond donors (Lipinski definition) is 1. The molecule has 164 valence electrons. The number of aryl methyl sites for hydroxylation is 2. The average molecular weight is 412 g/mol. The monoisotopic (exact) mass is 411 g/mol. The van der Waals surface area contributed by atoms with E-state index in [1.165, 1.54) is 18.4 Å². The van der Waals surface area contributed by atoms with Crippen molar-refractivity contribution < 1.29 is 4.79 Å². The molecule has 1 fully saturated rings. The maximum absolute atomic E-state index is 12.5. The molecule has 2 aromatic rings. The number of aromatic nitrogens is 3. The predicted octanol–water partition coefficient (Wildman–Crippen LogP) is 3.21. The van der Waals surface area contributed by atoms with Crippen molar-refractivity contribution in [1.82, 2.24) is 25.0 Å². The zero-order valence-electron chi connectivity index (χ0n) is 19.0. The van der Waals surface area contributed by atoms with Crippen LogP contribution in [0.1, 0.15) is 54.7 Å². The van der Waals surface area contributed by atoms with Crippen LogP contribution in [0, 0.1) is 19.8 Å². The van der Waals surface area contributed by atoms with Gasteiger partial charge in [-0.05, 0) is 70.2 Å². The molecule has 3 rings (SSSR count). The zero-order chi connectivity index (χ0) is 21.5. The molecule has 0 aromatic carbocycles. The van der Waals surface area contributed by atoms with Crippen LogP contribution in [-0.4, -0.2) is 51.8 Å². The first-order valence-electron chi connectivity index (χ1n) is 11.3. The second-order valence-corrected chi connectivity index (χ2v) is 8.90. The van der Waals surface area contributed by atoms with Gasteiger partial charge < -0.3 is 10.2 Å². The van der Waals surface area contributed by atoms with Gasteiger partial charge in [-0.2, -0.15) is 5.10 Å². The van der Waals surface area contributed by atoms with Crippen LogP contribution >= 0.6 is 0 Å². The zero-order valence-corrected chi connectivity index (χ0v) is 19.0. The third-order valence-corrected chi connectivity index (χ3v) is 6.45. The Kier molecular flexibility index (Phi) is 8.02. The first kappa shape index (κ1) is 22.5. The smallest absolute Gasteiger partial charge is 0.220 e. The predicted molar refractivity (Wildman–Crippen MR) is 120 cm³/mol. The summed E-state index contributed by atoms with van der Waals surface area (Å²) >= 11 is 0. The van der Waals surface area contributed by atoms with Crippen molar-refractivity contribution in [3.05, 3.63) is 47.0 Å². The Bertz CT molecular complexity index is 817. The normalized spacial score (nSPS) is 19.2. The Morgan fingerprint density at radius 1 is 1.27 bits per heavy atom. The minimum Gasteiger partial charge on any atom is -0.353 e. The Labute approximate surface area is 181 Å². The largest absolute Gasteiger partial charge is 0.353 e. The Morgan fingerprint density at radius 3 is 2.80 bits per heavy atom. The van der Waals surface area contributed by atoms with Gasteiger partial charge >= 0.3 is 0 Å². The van der Waals surface area contributed by atoms with Crippen molar-refractivity contribution in [2.75, 3.05) is 20.1 Å². The molecule has 0 spiro atoms. The van der Waals surface area contributed by atoms with E-state index in [4.69, 9.17) is 0 Å². The molecule has 6 nitrogen and oxygen atoms in total. The first-order valence-corrected chi connectivity index (χ1v) is 11.3. The highest BCUT2D eigenvalue weighted by atomic mass is 16.1. The molecule has 1 saturated carbocycles. The van der Waals surface area contributed by atoms with Gasteiger partial charge in [0.15, 0.2) is 0 Å². The molecule has 2 heterocycles. The molecule has 6 heteroatoms. The second kappa shape index (κ2) is 10.7. The topological polar surface area (TPSA) is 63.1 Å². The van der Waals surface area contributed by atoms with Crippen molar-refractivity contribution in [2.45, 2.75) is 64.8 Å². The van der Waals surface area contributed by atoms with Gasteiger partial charge in [0, 0.05) is 56.6 Å². The van der Waals surface area contributed by atoms with E-state index in [9.17, 15) is 4.79 Å². The average Bonchev–Trinajstić information content (AvgIpc) is 2.97. The van der Waals surface area contributed by atoms with E-state index >= 15 is 0 Å². The molecule has 0 aliphatic heterocycles. The van der Waals surface area contributed by atoms with Crippen molar-refractivity contribution >= 4 is 5.91 Å². The standard InChI is InChI=1S/C24H37N5O/c1-18-23(19(2)29(4)27-18)11-12-24(30)26-22-10-7-8-20(16-22)17-28(3)15-13-21-9-5-6-14-25-21/h5-6,9,14,20,22H,7-8,10-13,15-17H2,1-4H3,(H,26,30)/t20-,22-/m1/s1. The van der Waals surface area contributed by atoms with Gasteiger partial charge in [-0.1, -0.05) is 12.5 Å². The van der Waals surface area contributed by atoms with E-state index in [-0.39, 0.29) is 5.91 Å². The molecule has 1 aliphatic rings. The Hall–Kier alpha value is -2.21. The highest BCUT2D eigenvalue weighted by Gasteiger charge is 2.24. The number of carbonyl (C=O) groups is 1. The molecule has 30 heavy (non-hydrogen) atoms. The van der Waals surface area contributed by atoms with Crippen LogP contribution in [0.25, 0.3) is 0 Å². The fraction of sp³-hybridized carbons (Fsp3) is 0.625. The summed E-state index contributed by atoms with van der Waals surface area (Å²) in [4.78, 5) is 19.4. The van der Waals surface area contributed by atoms with Gasteiger partial charge in [0.2, 0.25) is 5.91 Å². The van der Waals surface area contributed by atoms with Crippen LogP contribution in [-0.2, 0) is 24.7 Å². The molecular weight excluding hydrogens is 374 g/mol. The SMILES string of the molecule is Cc1nn(C)c(C)c1CCC(=O)N[C@@H]1CCC[C@@H](CN(C)CCc2ccccn2)C1. The lowest BCUT2D eigenvalue weighted by Gasteiger charge is -2.32. The summed E-state index contributed by atoms with van der Waals surface area (Å²) in [6.45, 7) is 6.21. The summed E-state index contributed by atoms with van der Waals surface area (Å²) in [6, 6.07) is 6.42. The molecule has 0 bridgehead atoms. The third-order valence-electron chi connectivity index (χ3n) is 6.45. The van der Waals surface area contributed by atoms with Crippen LogP contribution in [0.5, 0.6) is 0 Å². The molecule has 2 aromatic heterocycles. The maximum atomic E-state index is 12.5. The van der Waals surface area contributed by atoms with E-state index in [0.29, 0.717) is 18.4 Å². The molecule has 2 atom stereocenters. The minimum absolute atomic E-state index is 0.173. The van der Waals surface area contributed by atoms with E-state index in [2.05, 4.69) is 40.3 Å². The van der Waals surface area contributed by atoms with Crippen LogP contribution < -0.4 is 5.32 Å². The Morgan fingerprint density at radius 2 is 2.10 bits per heavy atom. The Balaban J connectivity index is 1.40. The molecule has 1 amide bonds. The highest BCUT2D eigenvalue weighted by molar-refractivity contribution is 5.76. The number of amides is 1. The fourth-order valence-corrected chi connectivity index (χ4v) is 4.69. The molecule has 0 radical (unpaired) electrons. The van der Waals surface area contributed by atoms with Crippen molar-refractivity contribution in [1.29, 1.82) is 0 Å². The van der Waals surface area contributed by atoms with E-state index in [1.54, 1.807) is 0 Å². The quantitative estimate of drug-likeness (QED) is 0.688. The fourth-order valence-electron chi connectivity index (χ4n) is 4.69. The van der Waals surface area contributed by atoms with E-state index in [0.717, 1.165) is 55.9 Å². The van der Waals surface area contributed by atoms with Crippen LogP contribution in [0.3, 0.4) is 0 Å². The number of nitrogens with zero attached hydrogens (tertiary/aromatic N) is 4. The molecular formula is C24H37N5O. The number of pyridine rings is 1. The van der Waals surface area contributed by atoms with Crippen LogP contribution in [0.2, 0.25) is 0 Å².